The minimum atomic E-state index is -4.85. The fourth-order valence-corrected chi connectivity index (χ4v) is 1.59. The van der Waals surface area contributed by atoms with E-state index in [1.165, 1.54) is 0 Å². The van der Waals surface area contributed by atoms with E-state index in [4.69, 9.17) is 11.6 Å². The lowest BCUT2D eigenvalue weighted by molar-refractivity contribution is -0.141. The van der Waals surface area contributed by atoms with E-state index in [2.05, 4.69) is 20.9 Å². The van der Waals surface area contributed by atoms with Gasteiger partial charge in [0.1, 0.15) is 0 Å². The molecule has 8 heteroatoms. The SMILES string of the molecule is FC(F)c1cc(CBr)nc(C(F)(F)F)c1Cl. The van der Waals surface area contributed by atoms with Crippen molar-refractivity contribution in [1.82, 2.24) is 4.98 Å². The summed E-state index contributed by atoms with van der Waals surface area (Å²) < 4.78 is 62.0. The monoisotopic (exact) mass is 323 g/mol. The molecule has 0 aromatic carbocycles. The number of nitrogens with zero attached hydrogens (tertiary/aromatic N) is 1. The third-order valence-electron chi connectivity index (χ3n) is 1.68. The second kappa shape index (κ2) is 4.83. The summed E-state index contributed by atoms with van der Waals surface area (Å²) >= 11 is 8.09. The molecule has 1 aromatic rings. The first-order chi connectivity index (χ1) is 7.27. The lowest BCUT2D eigenvalue weighted by Gasteiger charge is -2.12. The van der Waals surface area contributed by atoms with E-state index in [9.17, 15) is 22.0 Å². The van der Waals surface area contributed by atoms with Crippen LogP contribution >= 0.6 is 27.5 Å². The van der Waals surface area contributed by atoms with Crippen molar-refractivity contribution in [2.75, 3.05) is 0 Å². The van der Waals surface area contributed by atoms with Crippen LogP contribution in [0.2, 0.25) is 5.02 Å². The Kier molecular flexibility index (Phi) is 4.12. The Hall–Kier alpha value is -0.430. The summed E-state index contributed by atoms with van der Waals surface area (Å²) in [7, 11) is 0. The molecule has 0 bridgehead atoms. The van der Waals surface area contributed by atoms with Gasteiger partial charge in [0, 0.05) is 10.9 Å². The maximum Gasteiger partial charge on any atom is 0.434 e. The van der Waals surface area contributed by atoms with E-state index in [0.717, 1.165) is 6.07 Å². The fourth-order valence-electron chi connectivity index (χ4n) is 1.02. The van der Waals surface area contributed by atoms with Gasteiger partial charge in [-0.1, -0.05) is 27.5 Å². The van der Waals surface area contributed by atoms with Crippen LogP contribution in [-0.4, -0.2) is 4.98 Å². The predicted octanol–water partition coefficient (Wildman–Crippen LogP) is 4.59. The lowest BCUT2D eigenvalue weighted by Crippen LogP contribution is -2.12. The van der Waals surface area contributed by atoms with Crippen LogP contribution in [0, 0.1) is 0 Å². The van der Waals surface area contributed by atoms with Crippen LogP contribution < -0.4 is 0 Å². The van der Waals surface area contributed by atoms with E-state index in [1.54, 1.807) is 0 Å². The summed E-state index contributed by atoms with van der Waals surface area (Å²) in [6.45, 7) is 0. The van der Waals surface area contributed by atoms with Crippen LogP contribution in [0.5, 0.6) is 0 Å². The molecule has 1 rings (SSSR count). The molecular formula is C8H4BrClF5N. The third kappa shape index (κ3) is 2.82. The third-order valence-corrected chi connectivity index (χ3v) is 2.65. The van der Waals surface area contributed by atoms with Crippen molar-refractivity contribution < 1.29 is 22.0 Å². The minimum Gasteiger partial charge on any atom is -0.246 e. The van der Waals surface area contributed by atoms with Gasteiger partial charge in [0.15, 0.2) is 5.69 Å². The van der Waals surface area contributed by atoms with E-state index < -0.39 is 28.9 Å². The van der Waals surface area contributed by atoms with Crippen LogP contribution in [0.1, 0.15) is 23.4 Å². The molecule has 0 radical (unpaired) electrons. The molecule has 1 nitrogen and oxygen atoms in total. The summed E-state index contributed by atoms with van der Waals surface area (Å²) in [5, 5.41) is -1.11. The highest BCUT2D eigenvalue weighted by molar-refractivity contribution is 9.08. The molecule has 90 valence electrons. The van der Waals surface area contributed by atoms with Gasteiger partial charge in [-0.15, -0.1) is 0 Å². The van der Waals surface area contributed by atoms with Crippen LogP contribution in [0.4, 0.5) is 22.0 Å². The summed E-state index contributed by atoms with van der Waals surface area (Å²) in [6.07, 6.45) is -7.92. The maximum absolute atomic E-state index is 12.4. The van der Waals surface area contributed by atoms with Gasteiger partial charge < -0.3 is 0 Å². The van der Waals surface area contributed by atoms with Crippen LogP contribution in [0.15, 0.2) is 6.07 Å². The summed E-state index contributed by atoms with van der Waals surface area (Å²) in [5.41, 5.74) is -2.49. The van der Waals surface area contributed by atoms with Gasteiger partial charge in [0.05, 0.1) is 10.7 Å². The molecule has 0 fully saturated rings. The number of hydrogen-bond donors (Lipinski definition) is 0. The maximum atomic E-state index is 12.4. The number of rotatable bonds is 2. The van der Waals surface area contributed by atoms with Crippen molar-refractivity contribution >= 4 is 27.5 Å². The second-order valence-electron chi connectivity index (χ2n) is 2.80. The van der Waals surface area contributed by atoms with Gasteiger partial charge in [0.25, 0.3) is 6.43 Å². The van der Waals surface area contributed by atoms with Crippen LogP contribution in [0.25, 0.3) is 0 Å². The highest BCUT2D eigenvalue weighted by Crippen LogP contribution is 2.38. The molecule has 0 aliphatic rings. The van der Waals surface area contributed by atoms with Crippen molar-refractivity contribution in [1.29, 1.82) is 0 Å². The molecule has 0 saturated heterocycles. The Bertz CT molecular complexity index is 393. The normalized spacial score (nSPS) is 12.2. The van der Waals surface area contributed by atoms with E-state index >= 15 is 0 Å². The summed E-state index contributed by atoms with van der Waals surface area (Å²) in [4.78, 5) is 3.17. The largest absolute Gasteiger partial charge is 0.434 e. The number of alkyl halides is 6. The van der Waals surface area contributed by atoms with Crippen molar-refractivity contribution in [3.63, 3.8) is 0 Å². The smallest absolute Gasteiger partial charge is 0.246 e. The Morgan fingerprint density at radius 1 is 1.38 bits per heavy atom. The van der Waals surface area contributed by atoms with Crippen molar-refractivity contribution in [3.8, 4) is 0 Å². The van der Waals surface area contributed by atoms with Gasteiger partial charge >= 0.3 is 6.18 Å². The summed E-state index contributed by atoms with van der Waals surface area (Å²) in [6, 6.07) is 0.844. The quantitative estimate of drug-likeness (QED) is 0.573. The zero-order valence-electron chi connectivity index (χ0n) is 7.45. The fraction of sp³-hybridized carbons (Fsp3) is 0.375. The zero-order chi connectivity index (χ0) is 12.5. The van der Waals surface area contributed by atoms with E-state index in [0.29, 0.717) is 0 Å². The Morgan fingerprint density at radius 3 is 2.31 bits per heavy atom. The molecule has 16 heavy (non-hydrogen) atoms. The number of pyridine rings is 1. The van der Waals surface area contributed by atoms with Crippen LogP contribution in [0.3, 0.4) is 0 Å². The highest BCUT2D eigenvalue weighted by atomic mass is 79.9. The Balaban J connectivity index is 3.44. The molecule has 0 aliphatic heterocycles. The van der Waals surface area contributed by atoms with E-state index in [1.807, 2.05) is 0 Å². The number of hydrogen-bond acceptors (Lipinski definition) is 1. The molecule has 0 N–H and O–H groups in total. The number of aromatic nitrogens is 1. The average molecular weight is 324 g/mol. The van der Waals surface area contributed by atoms with Gasteiger partial charge in [-0.3, -0.25) is 0 Å². The molecule has 0 saturated carbocycles. The molecule has 0 atom stereocenters. The first kappa shape index (κ1) is 13.6. The molecule has 1 heterocycles. The summed E-state index contributed by atoms with van der Waals surface area (Å²) in [5.74, 6) is 0. The first-order valence-corrected chi connectivity index (χ1v) is 5.38. The van der Waals surface area contributed by atoms with Crippen molar-refractivity contribution in [3.05, 3.63) is 28.0 Å². The molecular weight excluding hydrogens is 320 g/mol. The first-order valence-electron chi connectivity index (χ1n) is 3.88. The standard InChI is InChI=1S/C8H4BrClF5N/c9-2-3-1-4(7(11)12)5(10)6(16-3)8(13,14)15/h1,7H,2H2. The van der Waals surface area contributed by atoms with Crippen molar-refractivity contribution in [2.24, 2.45) is 0 Å². The molecule has 0 unspecified atom stereocenters. The van der Waals surface area contributed by atoms with Crippen LogP contribution in [-0.2, 0) is 11.5 Å². The molecule has 0 aliphatic carbocycles. The minimum absolute atomic E-state index is 0.0625. The zero-order valence-corrected chi connectivity index (χ0v) is 9.80. The van der Waals surface area contributed by atoms with E-state index in [-0.39, 0.29) is 11.0 Å². The Morgan fingerprint density at radius 2 is 1.94 bits per heavy atom. The molecule has 0 spiro atoms. The van der Waals surface area contributed by atoms with Crippen molar-refractivity contribution in [2.45, 2.75) is 17.9 Å². The highest BCUT2D eigenvalue weighted by Gasteiger charge is 2.37. The lowest BCUT2D eigenvalue weighted by atomic mass is 10.2. The Labute approximate surface area is 101 Å². The van der Waals surface area contributed by atoms with Gasteiger partial charge in [0.2, 0.25) is 0 Å². The second-order valence-corrected chi connectivity index (χ2v) is 3.74. The molecule has 1 aromatic heterocycles. The topological polar surface area (TPSA) is 12.9 Å². The number of halogens is 7. The average Bonchev–Trinajstić information content (AvgIpc) is 2.15. The predicted molar refractivity (Wildman–Crippen MR) is 51.8 cm³/mol. The van der Waals surface area contributed by atoms with Gasteiger partial charge in [-0.05, 0) is 6.07 Å². The van der Waals surface area contributed by atoms with Gasteiger partial charge in [-0.25, -0.2) is 13.8 Å². The molecule has 0 amide bonds. The van der Waals surface area contributed by atoms with Gasteiger partial charge in [-0.2, -0.15) is 13.2 Å².